The summed E-state index contributed by atoms with van der Waals surface area (Å²) in [6.45, 7) is 2.53. The van der Waals surface area contributed by atoms with Gasteiger partial charge in [0.15, 0.2) is 0 Å². The van der Waals surface area contributed by atoms with Gasteiger partial charge in [-0.05, 0) is 51.9 Å². The summed E-state index contributed by atoms with van der Waals surface area (Å²) in [7, 11) is 4.14. The summed E-state index contributed by atoms with van der Waals surface area (Å²) in [4.78, 5) is 17.7. The minimum atomic E-state index is -0.930. The molecule has 0 bridgehead atoms. The van der Waals surface area contributed by atoms with E-state index in [9.17, 15) is 9.90 Å². The number of carbonyl (C=O) groups is 1. The molecule has 19 heavy (non-hydrogen) atoms. The number of nitrogens with zero attached hydrogens (tertiary/aromatic N) is 2. The number of likely N-dealkylation sites (N-methyl/N-ethyl adjacent to an activating group) is 1. The zero-order chi connectivity index (χ0) is 14.0. The lowest BCUT2D eigenvalue weighted by Gasteiger charge is -2.47. The molecule has 104 valence electrons. The number of rotatable bonds is 5. The van der Waals surface area contributed by atoms with E-state index in [2.05, 4.69) is 29.3 Å². The van der Waals surface area contributed by atoms with Crippen molar-refractivity contribution in [2.45, 2.75) is 31.7 Å². The molecule has 5 nitrogen and oxygen atoms in total. The SMILES string of the molecule is Cc1ccnc(NCC2(N(C)C)CCC2)c1C(=O)O. The van der Waals surface area contributed by atoms with Gasteiger partial charge in [-0.2, -0.15) is 0 Å². The van der Waals surface area contributed by atoms with Crippen LogP contribution in [0.2, 0.25) is 0 Å². The second kappa shape index (κ2) is 5.17. The fourth-order valence-electron chi connectivity index (χ4n) is 2.58. The van der Waals surface area contributed by atoms with Crippen molar-refractivity contribution in [1.82, 2.24) is 9.88 Å². The molecule has 1 fully saturated rings. The Morgan fingerprint density at radius 2 is 2.21 bits per heavy atom. The summed E-state index contributed by atoms with van der Waals surface area (Å²) < 4.78 is 0. The third-order valence-electron chi connectivity index (χ3n) is 4.19. The average Bonchev–Trinajstić information content (AvgIpc) is 2.26. The minimum absolute atomic E-state index is 0.140. The minimum Gasteiger partial charge on any atom is -0.478 e. The Kier molecular flexibility index (Phi) is 3.75. The molecule has 0 radical (unpaired) electrons. The third-order valence-corrected chi connectivity index (χ3v) is 4.19. The molecule has 0 amide bonds. The molecule has 1 aromatic heterocycles. The van der Waals surface area contributed by atoms with Crippen LogP contribution in [-0.2, 0) is 0 Å². The van der Waals surface area contributed by atoms with E-state index in [-0.39, 0.29) is 11.1 Å². The number of pyridine rings is 1. The zero-order valence-electron chi connectivity index (χ0n) is 11.7. The van der Waals surface area contributed by atoms with Crippen LogP contribution in [0.4, 0.5) is 5.82 Å². The Morgan fingerprint density at radius 1 is 1.53 bits per heavy atom. The van der Waals surface area contributed by atoms with Gasteiger partial charge in [0.2, 0.25) is 0 Å². The molecular formula is C14H21N3O2. The van der Waals surface area contributed by atoms with Gasteiger partial charge in [-0.1, -0.05) is 0 Å². The normalized spacial score (nSPS) is 17.1. The van der Waals surface area contributed by atoms with Crippen LogP contribution in [0.25, 0.3) is 0 Å². The van der Waals surface area contributed by atoms with Crippen molar-refractivity contribution in [3.8, 4) is 0 Å². The topological polar surface area (TPSA) is 65.5 Å². The van der Waals surface area contributed by atoms with Gasteiger partial charge in [0, 0.05) is 18.3 Å². The standard InChI is InChI=1S/C14H21N3O2/c1-10-5-8-15-12(11(10)13(18)19)16-9-14(17(2)3)6-4-7-14/h5,8H,4,6-7,9H2,1-3H3,(H,15,16)(H,18,19). The highest BCUT2D eigenvalue weighted by Crippen LogP contribution is 2.36. The summed E-state index contributed by atoms with van der Waals surface area (Å²) in [6, 6.07) is 1.72. The molecule has 0 saturated heterocycles. The fourth-order valence-corrected chi connectivity index (χ4v) is 2.58. The van der Waals surface area contributed by atoms with Crippen LogP contribution >= 0.6 is 0 Å². The van der Waals surface area contributed by atoms with Gasteiger partial charge in [-0.15, -0.1) is 0 Å². The highest BCUT2D eigenvalue weighted by atomic mass is 16.4. The number of aromatic nitrogens is 1. The van der Waals surface area contributed by atoms with Crippen molar-refractivity contribution >= 4 is 11.8 Å². The van der Waals surface area contributed by atoms with Crippen LogP contribution in [0.15, 0.2) is 12.3 Å². The predicted molar refractivity (Wildman–Crippen MR) is 74.7 cm³/mol. The van der Waals surface area contributed by atoms with E-state index in [1.807, 2.05) is 0 Å². The maximum atomic E-state index is 11.3. The predicted octanol–water partition coefficient (Wildman–Crippen LogP) is 1.98. The molecule has 0 atom stereocenters. The molecule has 0 aromatic carbocycles. The van der Waals surface area contributed by atoms with Gasteiger partial charge in [0.1, 0.15) is 11.4 Å². The molecule has 1 aliphatic rings. The molecule has 0 aliphatic heterocycles. The first-order chi connectivity index (χ1) is 8.96. The molecule has 0 unspecified atom stereocenters. The Morgan fingerprint density at radius 3 is 2.68 bits per heavy atom. The van der Waals surface area contributed by atoms with Crippen molar-refractivity contribution in [2.24, 2.45) is 0 Å². The summed E-state index contributed by atoms with van der Waals surface area (Å²) >= 11 is 0. The van der Waals surface area contributed by atoms with Crippen molar-refractivity contribution in [1.29, 1.82) is 0 Å². The highest BCUT2D eigenvalue weighted by molar-refractivity contribution is 5.94. The zero-order valence-corrected chi connectivity index (χ0v) is 11.7. The van der Waals surface area contributed by atoms with Crippen LogP contribution in [-0.4, -0.2) is 47.1 Å². The van der Waals surface area contributed by atoms with E-state index in [0.717, 1.165) is 24.9 Å². The molecule has 1 aromatic rings. The van der Waals surface area contributed by atoms with Gasteiger partial charge in [0.25, 0.3) is 0 Å². The summed E-state index contributed by atoms with van der Waals surface area (Å²) in [5.74, 6) is -0.457. The molecule has 1 heterocycles. The van der Waals surface area contributed by atoms with E-state index in [0.29, 0.717) is 5.82 Å². The van der Waals surface area contributed by atoms with E-state index < -0.39 is 5.97 Å². The van der Waals surface area contributed by atoms with Gasteiger partial charge in [0.05, 0.1) is 0 Å². The molecular weight excluding hydrogens is 242 g/mol. The van der Waals surface area contributed by atoms with Crippen molar-refractivity contribution < 1.29 is 9.90 Å². The van der Waals surface area contributed by atoms with E-state index >= 15 is 0 Å². The van der Waals surface area contributed by atoms with Crippen LogP contribution in [0.1, 0.15) is 35.2 Å². The summed E-state index contributed by atoms with van der Waals surface area (Å²) in [6.07, 6.45) is 5.16. The molecule has 5 heteroatoms. The number of nitrogens with one attached hydrogen (secondary N) is 1. The maximum Gasteiger partial charge on any atom is 0.339 e. The fraction of sp³-hybridized carbons (Fsp3) is 0.571. The maximum absolute atomic E-state index is 11.3. The van der Waals surface area contributed by atoms with E-state index in [1.165, 1.54) is 6.42 Å². The Labute approximate surface area is 113 Å². The van der Waals surface area contributed by atoms with E-state index in [4.69, 9.17) is 0 Å². The number of carboxylic acid groups (broad SMARTS) is 1. The molecule has 1 saturated carbocycles. The number of hydrogen-bond acceptors (Lipinski definition) is 4. The van der Waals surface area contributed by atoms with Gasteiger partial charge in [-0.25, -0.2) is 9.78 Å². The van der Waals surface area contributed by atoms with Gasteiger partial charge in [-0.3, -0.25) is 0 Å². The number of anilines is 1. The van der Waals surface area contributed by atoms with E-state index in [1.54, 1.807) is 19.2 Å². The average molecular weight is 263 g/mol. The Bertz CT molecular complexity index is 482. The Hall–Kier alpha value is -1.62. The smallest absolute Gasteiger partial charge is 0.339 e. The summed E-state index contributed by atoms with van der Waals surface area (Å²) in [5.41, 5.74) is 1.15. The lowest BCUT2D eigenvalue weighted by Crippen LogP contribution is -2.54. The van der Waals surface area contributed by atoms with Crippen molar-refractivity contribution in [2.75, 3.05) is 26.0 Å². The van der Waals surface area contributed by atoms with Crippen LogP contribution in [0.5, 0.6) is 0 Å². The van der Waals surface area contributed by atoms with Gasteiger partial charge >= 0.3 is 5.97 Å². The number of hydrogen-bond donors (Lipinski definition) is 2. The largest absolute Gasteiger partial charge is 0.478 e. The van der Waals surface area contributed by atoms with Crippen LogP contribution in [0.3, 0.4) is 0 Å². The number of aryl methyl sites for hydroxylation is 1. The lowest BCUT2D eigenvalue weighted by molar-refractivity contribution is 0.0692. The van der Waals surface area contributed by atoms with Gasteiger partial charge < -0.3 is 15.3 Å². The van der Waals surface area contributed by atoms with Crippen molar-refractivity contribution in [3.63, 3.8) is 0 Å². The quantitative estimate of drug-likeness (QED) is 0.850. The first-order valence-corrected chi connectivity index (χ1v) is 6.56. The van der Waals surface area contributed by atoms with Crippen LogP contribution in [0, 0.1) is 6.92 Å². The molecule has 0 spiro atoms. The monoisotopic (exact) mass is 263 g/mol. The van der Waals surface area contributed by atoms with Crippen molar-refractivity contribution in [3.05, 3.63) is 23.4 Å². The summed E-state index contributed by atoms with van der Waals surface area (Å²) in [5, 5.41) is 12.5. The third kappa shape index (κ3) is 2.56. The Balaban J connectivity index is 2.16. The number of aromatic carboxylic acids is 1. The second-order valence-corrected chi connectivity index (χ2v) is 5.48. The number of carboxylic acids is 1. The molecule has 1 aliphatic carbocycles. The second-order valence-electron chi connectivity index (χ2n) is 5.48. The first-order valence-electron chi connectivity index (χ1n) is 6.56. The molecule has 2 rings (SSSR count). The lowest BCUT2D eigenvalue weighted by atomic mass is 9.75. The van der Waals surface area contributed by atoms with Crippen LogP contribution < -0.4 is 5.32 Å². The first kappa shape index (κ1) is 13.8. The molecule has 2 N–H and O–H groups in total. The highest BCUT2D eigenvalue weighted by Gasteiger charge is 2.39.